The van der Waals surface area contributed by atoms with Crippen LogP contribution in [0, 0.1) is 0 Å². The Balaban J connectivity index is 1.72. The van der Waals surface area contributed by atoms with Gasteiger partial charge in [0.15, 0.2) is 11.5 Å². The summed E-state index contributed by atoms with van der Waals surface area (Å²) in [5.41, 5.74) is 2.50. The number of aromatic amines is 1. The Morgan fingerprint density at radius 2 is 1.96 bits per heavy atom. The van der Waals surface area contributed by atoms with Gasteiger partial charge in [0.2, 0.25) is 5.75 Å². The number of rotatable bonds is 6. The summed E-state index contributed by atoms with van der Waals surface area (Å²) >= 11 is 0. The first-order chi connectivity index (χ1) is 11.1. The molecule has 0 bridgehead atoms. The molecule has 1 aromatic heterocycles. The molecule has 1 heterocycles. The van der Waals surface area contributed by atoms with Crippen molar-refractivity contribution in [3.05, 3.63) is 41.2 Å². The topological polar surface area (TPSA) is 83.6 Å². The normalized spacial score (nSPS) is 13.7. The Labute approximate surface area is 134 Å². The molecule has 0 unspecified atom stereocenters. The number of phenols is 1. The third kappa shape index (κ3) is 3.11. The number of H-pyrrole nitrogens is 1. The first-order valence-electron chi connectivity index (χ1n) is 7.53. The second-order valence-corrected chi connectivity index (χ2v) is 5.61. The maximum absolute atomic E-state index is 12.4. The molecule has 1 amide bonds. The number of hydrogen-bond donors (Lipinski definition) is 3. The molecule has 0 spiro atoms. The van der Waals surface area contributed by atoms with E-state index >= 15 is 0 Å². The monoisotopic (exact) mass is 316 g/mol. The zero-order chi connectivity index (χ0) is 16.4. The van der Waals surface area contributed by atoms with Gasteiger partial charge in [-0.25, -0.2) is 0 Å². The van der Waals surface area contributed by atoms with E-state index < -0.39 is 0 Å². The van der Waals surface area contributed by atoms with Crippen LogP contribution in [-0.4, -0.2) is 30.2 Å². The number of nitrogens with one attached hydrogen (secondary N) is 2. The predicted octanol–water partition coefficient (Wildman–Crippen LogP) is 2.54. The van der Waals surface area contributed by atoms with Gasteiger partial charge in [-0.05, 0) is 42.5 Å². The number of hydrogen-bond acceptors (Lipinski definition) is 4. The van der Waals surface area contributed by atoms with Crippen molar-refractivity contribution in [1.29, 1.82) is 0 Å². The molecule has 0 radical (unpaired) electrons. The maximum Gasteiger partial charge on any atom is 0.253 e. The highest BCUT2D eigenvalue weighted by Gasteiger charge is 2.29. The second kappa shape index (κ2) is 6.24. The summed E-state index contributed by atoms with van der Waals surface area (Å²) in [4.78, 5) is 15.5. The molecule has 1 aliphatic rings. The van der Waals surface area contributed by atoms with Crippen molar-refractivity contribution in [2.75, 3.05) is 14.2 Å². The molecule has 0 aliphatic heterocycles. The number of aromatic hydroxyl groups is 1. The molecule has 3 rings (SSSR count). The van der Waals surface area contributed by atoms with E-state index in [9.17, 15) is 9.90 Å². The lowest BCUT2D eigenvalue weighted by atomic mass is 10.1. The van der Waals surface area contributed by atoms with Crippen molar-refractivity contribution < 1.29 is 19.4 Å². The summed E-state index contributed by atoms with van der Waals surface area (Å²) in [7, 11) is 2.94. The second-order valence-electron chi connectivity index (χ2n) is 5.61. The van der Waals surface area contributed by atoms with Crippen molar-refractivity contribution in [2.45, 2.75) is 25.3 Å². The number of phenolic OH excluding ortho intramolecular Hbond substituents is 1. The Hall–Kier alpha value is -2.63. The summed E-state index contributed by atoms with van der Waals surface area (Å²) in [6.45, 7) is 0.321. The number of carbonyl (C=O) groups excluding carboxylic acids is 1. The predicted molar refractivity (Wildman–Crippen MR) is 85.1 cm³/mol. The highest BCUT2D eigenvalue weighted by Crippen LogP contribution is 2.41. The summed E-state index contributed by atoms with van der Waals surface area (Å²) in [5.74, 6) is 0.952. The van der Waals surface area contributed by atoms with E-state index in [4.69, 9.17) is 9.47 Å². The minimum atomic E-state index is -0.112. The number of carbonyl (C=O) groups is 1. The molecule has 122 valence electrons. The smallest absolute Gasteiger partial charge is 0.253 e. The standard InChI is InChI=1S/C17H20N2O4/c1-22-13-7-10(8-14(23-2)16(13)20)9-19-17(21)12-5-6-18-15(12)11-3-4-11/h5-8,11,18,20H,3-4,9H2,1-2H3,(H,19,21). The molecule has 1 aromatic carbocycles. The van der Waals surface area contributed by atoms with Gasteiger partial charge in [-0.1, -0.05) is 0 Å². The zero-order valence-electron chi connectivity index (χ0n) is 13.2. The van der Waals surface area contributed by atoms with Gasteiger partial charge >= 0.3 is 0 Å². The quantitative estimate of drug-likeness (QED) is 0.765. The molecule has 1 aliphatic carbocycles. The third-order valence-corrected chi connectivity index (χ3v) is 4.00. The molecule has 23 heavy (non-hydrogen) atoms. The van der Waals surface area contributed by atoms with Crippen molar-refractivity contribution in [3.63, 3.8) is 0 Å². The zero-order valence-corrected chi connectivity index (χ0v) is 13.2. The van der Waals surface area contributed by atoms with Crippen LogP contribution in [0.25, 0.3) is 0 Å². The average molecular weight is 316 g/mol. The van der Waals surface area contributed by atoms with E-state index in [1.165, 1.54) is 14.2 Å². The van der Waals surface area contributed by atoms with Crippen LogP contribution in [0.5, 0.6) is 17.2 Å². The molecule has 2 aromatic rings. The SMILES string of the molecule is COc1cc(CNC(=O)c2cc[nH]c2C2CC2)cc(OC)c1O. The molecular formula is C17H20N2O4. The summed E-state index contributed by atoms with van der Waals surface area (Å²) in [6, 6.07) is 5.16. The Morgan fingerprint density at radius 3 is 2.52 bits per heavy atom. The van der Waals surface area contributed by atoms with Crippen molar-refractivity contribution >= 4 is 5.91 Å². The maximum atomic E-state index is 12.4. The fourth-order valence-corrected chi connectivity index (χ4v) is 2.62. The number of benzene rings is 1. The molecule has 1 fully saturated rings. The van der Waals surface area contributed by atoms with Crippen LogP contribution >= 0.6 is 0 Å². The van der Waals surface area contributed by atoms with Crippen LogP contribution in [0.2, 0.25) is 0 Å². The van der Waals surface area contributed by atoms with Crippen molar-refractivity contribution in [1.82, 2.24) is 10.3 Å². The first kappa shape index (κ1) is 15.3. The van der Waals surface area contributed by atoms with Gasteiger partial charge in [0.1, 0.15) is 0 Å². The van der Waals surface area contributed by atoms with Gasteiger partial charge < -0.3 is 24.9 Å². The highest BCUT2D eigenvalue weighted by atomic mass is 16.5. The van der Waals surface area contributed by atoms with Crippen LogP contribution in [0.4, 0.5) is 0 Å². The van der Waals surface area contributed by atoms with Gasteiger partial charge in [0.25, 0.3) is 5.91 Å². The van der Waals surface area contributed by atoms with E-state index in [0.29, 0.717) is 29.5 Å². The Kier molecular flexibility index (Phi) is 4.14. The van der Waals surface area contributed by atoms with Crippen LogP contribution in [-0.2, 0) is 6.54 Å². The molecular weight excluding hydrogens is 296 g/mol. The van der Waals surface area contributed by atoms with Gasteiger partial charge in [0.05, 0.1) is 19.8 Å². The Bertz CT molecular complexity index is 694. The lowest BCUT2D eigenvalue weighted by molar-refractivity contribution is 0.0950. The highest BCUT2D eigenvalue weighted by molar-refractivity contribution is 5.95. The van der Waals surface area contributed by atoms with E-state index in [1.807, 2.05) is 0 Å². The first-order valence-corrected chi connectivity index (χ1v) is 7.53. The summed E-state index contributed by atoms with van der Waals surface area (Å²) in [6.07, 6.45) is 4.06. The van der Waals surface area contributed by atoms with Gasteiger partial charge in [0, 0.05) is 18.4 Å². The van der Waals surface area contributed by atoms with Crippen LogP contribution in [0.15, 0.2) is 24.4 Å². The van der Waals surface area contributed by atoms with Gasteiger partial charge in [-0.3, -0.25) is 4.79 Å². The number of ether oxygens (including phenoxy) is 2. The number of methoxy groups -OCH3 is 2. The summed E-state index contributed by atoms with van der Waals surface area (Å²) in [5, 5.41) is 12.8. The lowest BCUT2D eigenvalue weighted by Gasteiger charge is -2.12. The molecule has 1 saturated carbocycles. The van der Waals surface area contributed by atoms with Crippen molar-refractivity contribution in [3.8, 4) is 17.2 Å². The minimum absolute atomic E-state index is 0.0493. The van der Waals surface area contributed by atoms with Crippen molar-refractivity contribution in [2.24, 2.45) is 0 Å². The van der Waals surface area contributed by atoms with E-state index in [2.05, 4.69) is 10.3 Å². The summed E-state index contributed by atoms with van der Waals surface area (Å²) < 4.78 is 10.2. The lowest BCUT2D eigenvalue weighted by Crippen LogP contribution is -2.23. The number of amides is 1. The fourth-order valence-electron chi connectivity index (χ4n) is 2.62. The van der Waals surface area contributed by atoms with E-state index in [1.54, 1.807) is 24.4 Å². The van der Waals surface area contributed by atoms with Gasteiger partial charge in [-0.2, -0.15) is 0 Å². The average Bonchev–Trinajstić information content (AvgIpc) is 3.30. The minimum Gasteiger partial charge on any atom is -0.502 e. The fraction of sp³-hybridized carbons (Fsp3) is 0.353. The van der Waals surface area contributed by atoms with Crippen LogP contribution in [0.3, 0.4) is 0 Å². The molecule has 6 heteroatoms. The van der Waals surface area contributed by atoms with E-state index in [-0.39, 0.29) is 11.7 Å². The van der Waals surface area contributed by atoms with Crippen LogP contribution in [0.1, 0.15) is 40.4 Å². The van der Waals surface area contributed by atoms with Gasteiger partial charge in [-0.15, -0.1) is 0 Å². The molecule has 6 nitrogen and oxygen atoms in total. The van der Waals surface area contributed by atoms with E-state index in [0.717, 1.165) is 24.1 Å². The largest absolute Gasteiger partial charge is 0.502 e. The number of aromatic nitrogens is 1. The molecule has 0 saturated heterocycles. The van der Waals surface area contributed by atoms with Crippen LogP contribution < -0.4 is 14.8 Å². The Morgan fingerprint density at radius 1 is 1.30 bits per heavy atom. The molecule has 3 N–H and O–H groups in total. The third-order valence-electron chi connectivity index (χ3n) is 4.00. The molecule has 0 atom stereocenters.